The Morgan fingerprint density at radius 3 is 2.27 bits per heavy atom. The first kappa shape index (κ1) is 19.4. The van der Waals surface area contributed by atoms with Gasteiger partial charge in [0.25, 0.3) is 0 Å². The lowest BCUT2D eigenvalue weighted by molar-refractivity contribution is -0.127. The highest BCUT2D eigenvalue weighted by Crippen LogP contribution is 2.30. The van der Waals surface area contributed by atoms with E-state index in [2.05, 4.69) is 15.4 Å². The van der Waals surface area contributed by atoms with E-state index in [-0.39, 0.29) is 16.8 Å². The molecule has 8 heteroatoms. The highest BCUT2D eigenvalue weighted by atomic mass is 16.5. The summed E-state index contributed by atoms with van der Waals surface area (Å²) < 4.78 is 9.40. The minimum Gasteiger partial charge on any atom is -0.465 e. The van der Waals surface area contributed by atoms with Crippen molar-refractivity contribution in [2.45, 2.75) is 37.6 Å². The Hall–Kier alpha value is -2.90. The Morgan fingerprint density at radius 2 is 1.69 bits per heavy atom. The van der Waals surface area contributed by atoms with Gasteiger partial charge >= 0.3 is 11.9 Å². The van der Waals surface area contributed by atoms with Crippen LogP contribution in [0.15, 0.2) is 18.2 Å². The third kappa shape index (κ3) is 4.01. The molecule has 8 nitrogen and oxygen atoms in total. The lowest BCUT2D eigenvalue weighted by atomic mass is 9.81. The zero-order valence-corrected chi connectivity index (χ0v) is 14.8. The third-order valence-corrected chi connectivity index (χ3v) is 4.57. The molecule has 0 aromatic heterocycles. The molecule has 0 aliphatic heterocycles. The van der Waals surface area contributed by atoms with Gasteiger partial charge in [-0.05, 0) is 31.0 Å². The fourth-order valence-electron chi connectivity index (χ4n) is 3.13. The van der Waals surface area contributed by atoms with Crippen molar-refractivity contribution in [3.63, 3.8) is 0 Å². The van der Waals surface area contributed by atoms with Gasteiger partial charge in [0.05, 0.1) is 31.0 Å². The lowest BCUT2D eigenvalue weighted by Crippen LogP contribution is -2.55. The number of ether oxygens (including phenoxy) is 2. The summed E-state index contributed by atoms with van der Waals surface area (Å²) in [7, 11) is 2.46. The molecular formula is C18H22N2O6. The maximum Gasteiger partial charge on any atom is 0.339 e. The van der Waals surface area contributed by atoms with E-state index in [0.29, 0.717) is 19.3 Å². The second kappa shape index (κ2) is 8.46. The predicted molar refractivity (Wildman–Crippen MR) is 92.8 cm³/mol. The number of hydrogen-bond donors (Lipinski definition) is 2. The van der Waals surface area contributed by atoms with E-state index in [4.69, 9.17) is 4.74 Å². The van der Waals surface area contributed by atoms with Gasteiger partial charge in [0.1, 0.15) is 5.54 Å². The molecular weight excluding hydrogens is 340 g/mol. The van der Waals surface area contributed by atoms with Crippen molar-refractivity contribution in [3.05, 3.63) is 29.3 Å². The molecule has 1 aromatic carbocycles. The highest BCUT2D eigenvalue weighted by molar-refractivity contribution is 6.06. The molecule has 0 saturated heterocycles. The number of amides is 2. The Kier molecular flexibility index (Phi) is 6.32. The summed E-state index contributed by atoms with van der Waals surface area (Å²) in [5, 5.41) is 5.30. The fraction of sp³-hybridized carbons (Fsp3) is 0.444. The topological polar surface area (TPSA) is 111 Å². The van der Waals surface area contributed by atoms with Gasteiger partial charge in [-0.15, -0.1) is 0 Å². The average Bonchev–Trinajstić information content (AvgIpc) is 2.67. The van der Waals surface area contributed by atoms with Crippen LogP contribution in [0.5, 0.6) is 0 Å². The molecule has 0 unspecified atom stereocenters. The second-order valence-electron chi connectivity index (χ2n) is 6.10. The van der Waals surface area contributed by atoms with Crippen LogP contribution in [0.2, 0.25) is 0 Å². The number of nitrogens with one attached hydrogen (secondary N) is 2. The maximum absolute atomic E-state index is 12.9. The molecule has 1 saturated carbocycles. The molecule has 140 valence electrons. The van der Waals surface area contributed by atoms with Crippen molar-refractivity contribution in [1.82, 2.24) is 5.32 Å². The van der Waals surface area contributed by atoms with E-state index in [1.54, 1.807) is 0 Å². The number of esters is 2. The van der Waals surface area contributed by atoms with E-state index >= 15 is 0 Å². The Bertz CT molecular complexity index is 710. The first-order valence-corrected chi connectivity index (χ1v) is 8.31. The van der Waals surface area contributed by atoms with Crippen LogP contribution >= 0.6 is 0 Å². The van der Waals surface area contributed by atoms with Crippen molar-refractivity contribution in [1.29, 1.82) is 0 Å². The maximum atomic E-state index is 12.9. The molecule has 2 amide bonds. The van der Waals surface area contributed by atoms with Gasteiger partial charge in [-0.25, -0.2) is 9.59 Å². The summed E-state index contributed by atoms with van der Waals surface area (Å²) in [6.45, 7) is 0. The lowest BCUT2D eigenvalue weighted by Gasteiger charge is -2.35. The Balaban J connectivity index is 2.38. The molecule has 0 bridgehead atoms. The monoisotopic (exact) mass is 362 g/mol. The normalized spacial score (nSPS) is 15.5. The molecule has 0 spiro atoms. The van der Waals surface area contributed by atoms with Gasteiger partial charge in [0, 0.05) is 0 Å². The Morgan fingerprint density at radius 1 is 1.04 bits per heavy atom. The van der Waals surface area contributed by atoms with Crippen molar-refractivity contribution in [2.75, 3.05) is 19.5 Å². The van der Waals surface area contributed by atoms with Gasteiger partial charge in [-0.3, -0.25) is 9.59 Å². The van der Waals surface area contributed by atoms with E-state index < -0.39 is 23.4 Å². The molecule has 0 heterocycles. The molecule has 26 heavy (non-hydrogen) atoms. The average molecular weight is 362 g/mol. The van der Waals surface area contributed by atoms with E-state index in [0.717, 1.165) is 19.3 Å². The van der Waals surface area contributed by atoms with Gasteiger partial charge in [0.2, 0.25) is 12.3 Å². The summed E-state index contributed by atoms with van der Waals surface area (Å²) in [5.74, 6) is -1.69. The van der Waals surface area contributed by atoms with E-state index in [9.17, 15) is 19.2 Å². The second-order valence-corrected chi connectivity index (χ2v) is 6.10. The van der Waals surface area contributed by atoms with Crippen LogP contribution in [-0.2, 0) is 19.1 Å². The standard InChI is InChI=1S/C18H22N2O6/c1-25-15(22)12-6-7-13(16(23)26-2)14(10-12)20-17(24)18(19-11-21)8-4-3-5-9-18/h6-7,10-11H,3-5,8-9H2,1-2H3,(H,19,21)(H,20,24). The molecule has 0 atom stereocenters. The summed E-state index contributed by atoms with van der Waals surface area (Å²) in [6.07, 6.45) is 4.11. The quantitative estimate of drug-likeness (QED) is 0.588. The fourth-order valence-corrected chi connectivity index (χ4v) is 3.13. The number of carbonyl (C=O) groups is 4. The van der Waals surface area contributed by atoms with Crippen LogP contribution in [0.25, 0.3) is 0 Å². The number of benzene rings is 1. The number of carbonyl (C=O) groups excluding carboxylic acids is 4. The summed E-state index contributed by atoms with van der Waals surface area (Å²) in [6, 6.07) is 4.15. The highest BCUT2D eigenvalue weighted by Gasteiger charge is 2.39. The van der Waals surface area contributed by atoms with Crippen LogP contribution in [0.1, 0.15) is 52.8 Å². The van der Waals surface area contributed by atoms with Crippen LogP contribution in [0.4, 0.5) is 5.69 Å². The molecule has 1 aromatic rings. The molecule has 0 radical (unpaired) electrons. The summed E-state index contributed by atoms with van der Waals surface area (Å²) >= 11 is 0. The number of hydrogen-bond acceptors (Lipinski definition) is 6. The van der Waals surface area contributed by atoms with Crippen LogP contribution in [-0.4, -0.2) is 44.0 Å². The van der Waals surface area contributed by atoms with E-state index in [1.807, 2.05) is 0 Å². The van der Waals surface area contributed by atoms with Gasteiger partial charge in [0.15, 0.2) is 0 Å². The van der Waals surface area contributed by atoms with Crippen molar-refractivity contribution in [3.8, 4) is 0 Å². The van der Waals surface area contributed by atoms with Crippen molar-refractivity contribution in [2.24, 2.45) is 0 Å². The van der Waals surface area contributed by atoms with E-state index in [1.165, 1.54) is 32.4 Å². The third-order valence-electron chi connectivity index (χ3n) is 4.57. The smallest absolute Gasteiger partial charge is 0.339 e. The van der Waals surface area contributed by atoms with Gasteiger partial charge in [-0.1, -0.05) is 19.3 Å². The molecule has 2 rings (SSSR count). The van der Waals surface area contributed by atoms with Gasteiger partial charge in [-0.2, -0.15) is 0 Å². The minimum absolute atomic E-state index is 0.102. The minimum atomic E-state index is -1.03. The molecule has 1 fully saturated rings. The first-order valence-electron chi connectivity index (χ1n) is 8.31. The van der Waals surface area contributed by atoms with Crippen LogP contribution < -0.4 is 10.6 Å². The van der Waals surface area contributed by atoms with Crippen molar-refractivity contribution >= 4 is 29.9 Å². The molecule has 2 N–H and O–H groups in total. The summed E-state index contributed by atoms with van der Waals surface area (Å²) in [4.78, 5) is 47.7. The van der Waals surface area contributed by atoms with Crippen molar-refractivity contribution < 1.29 is 28.7 Å². The zero-order chi connectivity index (χ0) is 19.2. The largest absolute Gasteiger partial charge is 0.465 e. The predicted octanol–water partition coefficient (Wildman–Crippen LogP) is 1.65. The molecule has 1 aliphatic rings. The zero-order valence-electron chi connectivity index (χ0n) is 14.8. The SMILES string of the molecule is COC(=O)c1ccc(C(=O)OC)c(NC(=O)C2(NC=O)CCCCC2)c1. The Labute approximate surface area is 151 Å². The first-order chi connectivity index (χ1) is 12.5. The van der Waals surface area contributed by atoms with Crippen LogP contribution in [0, 0.1) is 0 Å². The number of methoxy groups -OCH3 is 2. The van der Waals surface area contributed by atoms with Crippen LogP contribution in [0.3, 0.4) is 0 Å². The summed E-state index contributed by atoms with van der Waals surface area (Å²) in [5.41, 5.74) is -0.626. The van der Waals surface area contributed by atoms with Gasteiger partial charge < -0.3 is 20.1 Å². The molecule has 1 aliphatic carbocycles. The number of rotatable bonds is 6. The number of anilines is 1.